The van der Waals surface area contributed by atoms with Gasteiger partial charge in [0.2, 0.25) is 0 Å². The molecule has 1 aromatic heterocycles. The van der Waals surface area contributed by atoms with E-state index in [1.54, 1.807) is 0 Å². The molecule has 0 unspecified atom stereocenters. The monoisotopic (exact) mass is 305 g/mol. The Hall–Kier alpha value is -1.65. The molecule has 0 atom stereocenters. The van der Waals surface area contributed by atoms with E-state index in [0.29, 0.717) is 12.2 Å². The quantitative estimate of drug-likeness (QED) is 0.909. The maximum Gasteiger partial charge on any atom is 0.271 e. The Labute approximate surface area is 132 Å². The van der Waals surface area contributed by atoms with Crippen LogP contribution in [0.1, 0.15) is 75.2 Å². The topological polar surface area (TPSA) is 64.0 Å². The highest BCUT2D eigenvalue weighted by Crippen LogP contribution is 2.17. The van der Waals surface area contributed by atoms with Gasteiger partial charge in [0.1, 0.15) is 5.69 Å². The van der Waals surface area contributed by atoms with E-state index in [-0.39, 0.29) is 17.5 Å². The molecule has 1 amide bonds. The number of aromatic nitrogens is 2. The van der Waals surface area contributed by atoms with Crippen molar-refractivity contribution in [1.82, 2.24) is 15.1 Å². The number of aryl methyl sites for hydroxylation is 1. The van der Waals surface area contributed by atoms with Crippen LogP contribution in [0, 0.1) is 0 Å². The highest BCUT2D eigenvalue weighted by molar-refractivity contribution is 5.92. The summed E-state index contributed by atoms with van der Waals surface area (Å²) in [5, 5.41) is 7.30. The molecular formula is C17H27N3O2. The standard InChI is InChI=1S/C17H27N3O2/c1-2-3-13-20-16(21)12-11-15(19-20)17(22)18-14-9-7-5-4-6-8-10-14/h11-12,14H,2-10,13H2,1H3,(H,18,22). The molecule has 0 bridgehead atoms. The zero-order chi connectivity index (χ0) is 15.8. The fourth-order valence-electron chi connectivity index (χ4n) is 2.90. The number of carbonyl (C=O) groups is 1. The largest absolute Gasteiger partial charge is 0.348 e. The molecule has 0 aliphatic heterocycles. The predicted octanol–water partition coefficient (Wildman–Crippen LogP) is 2.89. The Bertz CT molecular complexity index is 531. The van der Waals surface area contributed by atoms with E-state index in [1.165, 1.54) is 48.9 Å². The Morgan fingerprint density at radius 2 is 1.91 bits per heavy atom. The molecule has 0 radical (unpaired) electrons. The molecule has 5 heteroatoms. The number of rotatable bonds is 5. The number of hydrogen-bond acceptors (Lipinski definition) is 3. The molecule has 1 fully saturated rings. The first-order chi connectivity index (χ1) is 10.7. The summed E-state index contributed by atoms with van der Waals surface area (Å²) >= 11 is 0. The van der Waals surface area contributed by atoms with Crippen LogP contribution in [0.5, 0.6) is 0 Å². The van der Waals surface area contributed by atoms with Crippen LogP contribution in [-0.4, -0.2) is 21.7 Å². The van der Waals surface area contributed by atoms with Gasteiger partial charge in [0.05, 0.1) is 0 Å². The Morgan fingerprint density at radius 1 is 1.23 bits per heavy atom. The van der Waals surface area contributed by atoms with Gasteiger partial charge in [-0.05, 0) is 25.3 Å². The smallest absolute Gasteiger partial charge is 0.271 e. The first-order valence-corrected chi connectivity index (χ1v) is 8.59. The lowest BCUT2D eigenvalue weighted by Crippen LogP contribution is -2.37. The SMILES string of the molecule is CCCCn1nc(C(=O)NC2CCCCCCC2)ccc1=O. The van der Waals surface area contributed by atoms with Crippen LogP contribution in [0.15, 0.2) is 16.9 Å². The van der Waals surface area contributed by atoms with Gasteiger partial charge < -0.3 is 5.32 Å². The fraction of sp³-hybridized carbons (Fsp3) is 0.706. The van der Waals surface area contributed by atoms with Gasteiger partial charge in [-0.3, -0.25) is 9.59 Å². The summed E-state index contributed by atoms with van der Waals surface area (Å²) in [5.41, 5.74) is 0.203. The number of nitrogens with zero attached hydrogens (tertiary/aromatic N) is 2. The van der Waals surface area contributed by atoms with E-state index >= 15 is 0 Å². The summed E-state index contributed by atoms with van der Waals surface area (Å²) in [7, 11) is 0. The molecule has 0 saturated heterocycles. The molecule has 1 N–H and O–H groups in total. The zero-order valence-electron chi connectivity index (χ0n) is 13.5. The Balaban J connectivity index is 2.00. The minimum absolute atomic E-state index is 0.143. The van der Waals surface area contributed by atoms with E-state index in [0.717, 1.165) is 25.7 Å². The van der Waals surface area contributed by atoms with Gasteiger partial charge in [0, 0.05) is 18.7 Å². The lowest BCUT2D eigenvalue weighted by molar-refractivity contribution is 0.0922. The summed E-state index contributed by atoms with van der Waals surface area (Å²) in [5.74, 6) is -0.157. The molecule has 122 valence electrons. The first-order valence-electron chi connectivity index (χ1n) is 8.59. The van der Waals surface area contributed by atoms with Crippen LogP contribution in [-0.2, 0) is 6.54 Å². The minimum atomic E-state index is -0.157. The molecular weight excluding hydrogens is 278 g/mol. The third-order valence-corrected chi connectivity index (χ3v) is 4.26. The van der Waals surface area contributed by atoms with Crippen molar-refractivity contribution >= 4 is 5.91 Å². The predicted molar refractivity (Wildman–Crippen MR) is 87.0 cm³/mol. The van der Waals surface area contributed by atoms with Crippen molar-refractivity contribution in [2.45, 2.75) is 77.3 Å². The van der Waals surface area contributed by atoms with Crippen LogP contribution in [0.4, 0.5) is 0 Å². The van der Waals surface area contributed by atoms with Gasteiger partial charge in [-0.15, -0.1) is 0 Å². The van der Waals surface area contributed by atoms with Gasteiger partial charge in [0.25, 0.3) is 11.5 Å². The van der Waals surface area contributed by atoms with Crippen molar-refractivity contribution < 1.29 is 4.79 Å². The second-order valence-electron chi connectivity index (χ2n) is 6.15. The summed E-state index contributed by atoms with van der Waals surface area (Å²) in [6.45, 7) is 2.64. The maximum atomic E-state index is 12.4. The molecule has 5 nitrogen and oxygen atoms in total. The summed E-state index contributed by atoms with van der Waals surface area (Å²) < 4.78 is 1.40. The Morgan fingerprint density at radius 3 is 2.59 bits per heavy atom. The average Bonchev–Trinajstić information content (AvgIpc) is 2.49. The zero-order valence-corrected chi connectivity index (χ0v) is 13.5. The van der Waals surface area contributed by atoms with E-state index in [1.807, 2.05) is 0 Å². The van der Waals surface area contributed by atoms with E-state index in [9.17, 15) is 9.59 Å². The minimum Gasteiger partial charge on any atom is -0.348 e. The highest BCUT2D eigenvalue weighted by atomic mass is 16.2. The molecule has 0 aromatic carbocycles. The molecule has 1 saturated carbocycles. The third-order valence-electron chi connectivity index (χ3n) is 4.26. The maximum absolute atomic E-state index is 12.4. The second kappa shape index (κ2) is 8.71. The van der Waals surface area contributed by atoms with Gasteiger partial charge in [-0.2, -0.15) is 5.10 Å². The van der Waals surface area contributed by atoms with Crippen LogP contribution in [0.2, 0.25) is 0 Å². The molecule has 2 rings (SSSR count). The van der Waals surface area contributed by atoms with Crippen molar-refractivity contribution in [2.24, 2.45) is 0 Å². The van der Waals surface area contributed by atoms with Crippen LogP contribution < -0.4 is 10.9 Å². The second-order valence-corrected chi connectivity index (χ2v) is 6.15. The summed E-state index contributed by atoms with van der Waals surface area (Å²) in [6, 6.07) is 3.21. The van der Waals surface area contributed by atoms with Crippen LogP contribution >= 0.6 is 0 Å². The number of amides is 1. The van der Waals surface area contributed by atoms with Crippen molar-refractivity contribution in [3.63, 3.8) is 0 Å². The molecule has 1 aromatic rings. The number of unbranched alkanes of at least 4 members (excludes halogenated alkanes) is 1. The molecule has 1 aliphatic rings. The van der Waals surface area contributed by atoms with Crippen molar-refractivity contribution in [2.75, 3.05) is 0 Å². The van der Waals surface area contributed by atoms with Gasteiger partial charge in [0.15, 0.2) is 0 Å². The molecule has 0 spiro atoms. The highest BCUT2D eigenvalue weighted by Gasteiger charge is 2.16. The van der Waals surface area contributed by atoms with Crippen molar-refractivity contribution in [3.8, 4) is 0 Å². The van der Waals surface area contributed by atoms with Crippen LogP contribution in [0.25, 0.3) is 0 Å². The van der Waals surface area contributed by atoms with E-state index < -0.39 is 0 Å². The lowest BCUT2D eigenvalue weighted by Gasteiger charge is -2.20. The summed E-state index contributed by atoms with van der Waals surface area (Å²) in [6.07, 6.45) is 10.1. The number of nitrogens with one attached hydrogen (secondary N) is 1. The Kier molecular flexibility index (Phi) is 6.62. The summed E-state index contributed by atoms with van der Waals surface area (Å²) in [4.78, 5) is 24.1. The normalized spacial score (nSPS) is 16.8. The fourth-order valence-corrected chi connectivity index (χ4v) is 2.90. The molecule has 1 aliphatic carbocycles. The van der Waals surface area contributed by atoms with E-state index in [2.05, 4.69) is 17.3 Å². The van der Waals surface area contributed by atoms with Crippen molar-refractivity contribution in [3.05, 3.63) is 28.2 Å². The molecule has 22 heavy (non-hydrogen) atoms. The third kappa shape index (κ3) is 4.97. The van der Waals surface area contributed by atoms with Gasteiger partial charge in [-0.25, -0.2) is 4.68 Å². The number of carbonyl (C=O) groups excluding carboxylic acids is 1. The molecule has 1 heterocycles. The first kappa shape index (κ1) is 16.7. The van der Waals surface area contributed by atoms with Crippen molar-refractivity contribution in [1.29, 1.82) is 0 Å². The van der Waals surface area contributed by atoms with Gasteiger partial charge >= 0.3 is 0 Å². The average molecular weight is 305 g/mol. The van der Waals surface area contributed by atoms with E-state index in [4.69, 9.17) is 0 Å². The number of hydrogen-bond donors (Lipinski definition) is 1. The van der Waals surface area contributed by atoms with Gasteiger partial charge in [-0.1, -0.05) is 45.4 Å². The van der Waals surface area contributed by atoms with Crippen LogP contribution in [0.3, 0.4) is 0 Å². The lowest BCUT2D eigenvalue weighted by atomic mass is 9.96.